The lowest BCUT2D eigenvalue weighted by Crippen LogP contribution is -2.46. The molecule has 8 radical (unpaired) electrons. The Bertz CT molecular complexity index is 3370. The second kappa shape index (κ2) is 15.8. The van der Waals surface area contributed by atoms with Crippen molar-refractivity contribution >= 4 is 113 Å². The fourth-order valence-corrected chi connectivity index (χ4v) is 9.44. The van der Waals surface area contributed by atoms with Gasteiger partial charge in [-0.15, -0.1) is 0 Å². The van der Waals surface area contributed by atoms with Crippen LogP contribution < -0.4 is 26.8 Å². The Morgan fingerprint density at radius 3 is 1.14 bits per heavy atom. The lowest BCUT2D eigenvalue weighted by atomic mass is 9.64. The van der Waals surface area contributed by atoms with Crippen molar-refractivity contribution in [2.45, 2.75) is 0 Å². The van der Waals surface area contributed by atoms with Crippen molar-refractivity contribution < 1.29 is 0 Å². The van der Waals surface area contributed by atoms with E-state index in [1.807, 2.05) is 30.3 Å². The van der Waals surface area contributed by atoms with E-state index in [1.165, 1.54) is 43.1 Å². The molecule has 0 N–H and O–H groups in total. The van der Waals surface area contributed by atoms with Gasteiger partial charge in [0, 0.05) is 17.1 Å². The molecule has 0 fully saturated rings. The Kier molecular flexibility index (Phi) is 9.62. The molecule has 0 amide bonds. The van der Waals surface area contributed by atoms with E-state index in [4.69, 9.17) is 31.4 Å². The summed E-state index contributed by atoms with van der Waals surface area (Å²) in [5, 5.41) is 9.51. The maximum absolute atomic E-state index is 7.26. The Morgan fingerprint density at radius 1 is 0.270 bits per heavy atom. The number of nitrogens with zero attached hydrogens (tertiary/aromatic N) is 1. The molecule has 284 valence electrons. The summed E-state index contributed by atoms with van der Waals surface area (Å²) >= 11 is 0. The van der Waals surface area contributed by atoms with Gasteiger partial charge in [0.05, 0.1) is 0 Å². The lowest BCUT2D eigenvalue weighted by molar-refractivity contribution is 1.31. The largest absolute Gasteiger partial charge is 0.312 e. The smallest absolute Gasteiger partial charge is 0.115 e. The van der Waals surface area contributed by atoms with Crippen molar-refractivity contribution in [3.63, 3.8) is 0 Å². The molecule has 0 aliphatic carbocycles. The maximum Gasteiger partial charge on any atom is 0.115 e. The van der Waals surface area contributed by atoms with Crippen LogP contribution >= 0.6 is 0 Å². The van der Waals surface area contributed by atoms with Crippen LogP contribution in [-0.4, -0.2) is 31.4 Å². The van der Waals surface area contributed by atoms with Gasteiger partial charge in [-0.2, -0.15) is 0 Å². The third-order valence-corrected chi connectivity index (χ3v) is 12.5. The number of anilines is 3. The first kappa shape index (κ1) is 38.4. The highest BCUT2D eigenvalue weighted by Crippen LogP contribution is 2.42. The second-order valence-corrected chi connectivity index (χ2v) is 16.1. The minimum Gasteiger partial charge on any atom is -0.312 e. The van der Waals surface area contributed by atoms with Crippen LogP contribution in [0.1, 0.15) is 0 Å². The first-order chi connectivity index (χ1) is 30.9. The van der Waals surface area contributed by atoms with Gasteiger partial charge in [-0.05, 0) is 124 Å². The standard InChI is InChI=1S/C58H35B4N/c59-54-53(38-30-28-37(29-31-38)36-14-2-1-3-15-36)55(60)57(62)58(56(54)61)63(43-20-12-18-39(32-43)51-34-41-16-4-6-22-45(41)47-24-8-10-26-49(47)51)44-21-13-19-40(33-44)52-35-42-17-5-7-23-46(42)48-25-9-11-27-50(48)52/h1-35H. The average molecular weight is 789 g/mol. The normalized spacial score (nSPS) is 11.4. The summed E-state index contributed by atoms with van der Waals surface area (Å²) < 4.78 is 0. The van der Waals surface area contributed by atoms with Crippen LogP contribution in [-0.2, 0) is 0 Å². The van der Waals surface area contributed by atoms with Crippen molar-refractivity contribution in [1.82, 2.24) is 0 Å². The van der Waals surface area contributed by atoms with Gasteiger partial charge < -0.3 is 4.90 Å². The third-order valence-electron chi connectivity index (χ3n) is 12.5. The molecular formula is C58H35B4N. The Hall–Kier alpha value is -7.48. The summed E-state index contributed by atoms with van der Waals surface area (Å²) in [7, 11) is 28.7. The van der Waals surface area contributed by atoms with Crippen molar-refractivity contribution in [3.05, 3.63) is 212 Å². The SMILES string of the molecule is [B]c1c([B])c(N(c2cccc(-c3cc4ccccc4c4ccccc34)c2)c2cccc(-c3cc4ccccc4c4ccccc34)c2)c([B])c([B])c1-c1ccc(-c2ccccc2)cc1. The van der Waals surface area contributed by atoms with Crippen LogP contribution in [0.2, 0.25) is 0 Å². The molecule has 0 unspecified atom stereocenters. The fourth-order valence-electron chi connectivity index (χ4n) is 9.44. The van der Waals surface area contributed by atoms with Gasteiger partial charge >= 0.3 is 0 Å². The van der Waals surface area contributed by atoms with E-state index in [0.717, 1.165) is 50.3 Å². The van der Waals surface area contributed by atoms with Gasteiger partial charge in [0.1, 0.15) is 31.4 Å². The summed E-state index contributed by atoms with van der Waals surface area (Å²) in [6.45, 7) is 0. The monoisotopic (exact) mass is 789 g/mol. The van der Waals surface area contributed by atoms with Gasteiger partial charge in [0.15, 0.2) is 0 Å². The first-order valence-electron chi connectivity index (χ1n) is 21.2. The topological polar surface area (TPSA) is 3.24 Å². The average Bonchev–Trinajstić information content (AvgIpc) is 3.35. The molecule has 0 saturated heterocycles. The molecule has 0 saturated carbocycles. The van der Waals surface area contributed by atoms with Crippen LogP contribution in [0, 0.1) is 0 Å². The summed E-state index contributed by atoms with van der Waals surface area (Å²) in [6.07, 6.45) is 0. The van der Waals surface area contributed by atoms with E-state index in [2.05, 4.69) is 187 Å². The minimum absolute atomic E-state index is 0.340. The quantitative estimate of drug-likeness (QED) is 0.115. The molecule has 11 rings (SSSR count). The van der Waals surface area contributed by atoms with Crippen LogP contribution in [0.15, 0.2) is 212 Å². The number of hydrogen-bond acceptors (Lipinski definition) is 1. The zero-order valence-electron chi connectivity index (χ0n) is 34.5. The number of rotatable bonds is 7. The van der Waals surface area contributed by atoms with Crippen molar-refractivity contribution in [2.75, 3.05) is 4.90 Å². The zero-order valence-corrected chi connectivity index (χ0v) is 34.5. The lowest BCUT2D eigenvalue weighted by Gasteiger charge is -2.33. The highest BCUT2D eigenvalue weighted by molar-refractivity contribution is 6.63. The number of fused-ring (bicyclic) bond motifs is 6. The predicted octanol–water partition coefficient (Wildman–Crippen LogP) is 11.6. The molecule has 0 aliphatic rings. The molecule has 0 bridgehead atoms. The van der Waals surface area contributed by atoms with E-state index in [-0.39, 0.29) is 0 Å². The fraction of sp³-hybridized carbons (Fsp3) is 0. The van der Waals surface area contributed by atoms with Crippen LogP contribution in [0.25, 0.3) is 87.6 Å². The van der Waals surface area contributed by atoms with Gasteiger partial charge in [0.25, 0.3) is 0 Å². The van der Waals surface area contributed by atoms with E-state index in [0.29, 0.717) is 33.1 Å². The van der Waals surface area contributed by atoms with Gasteiger partial charge in [-0.3, -0.25) is 0 Å². The van der Waals surface area contributed by atoms with E-state index in [9.17, 15) is 0 Å². The number of hydrogen-bond donors (Lipinski definition) is 0. The summed E-state index contributed by atoms with van der Waals surface area (Å²) in [5.41, 5.74) is 11.6. The highest BCUT2D eigenvalue weighted by atomic mass is 15.1. The predicted molar refractivity (Wildman–Crippen MR) is 274 cm³/mol. The van der Waals surface area contributed by atoms with E-state index in [1.54, 1.807) is 0 Å². The molecule has 0 aromatic heterocycles. The van der Waals surface area contributed by atoms with E-state index >= 15 is 0 Å². The van der Waals surface area contributed by atoms with Crippen LogP contribution in [0.5, 0.6) is 0 Å². The third kappa shape index (κ3) is 6.64. The van der Waals surface area contributed by atoms with Crippen molar-refractivity contribution in [2.24, 2.45) is 0 Å². The van der Waals surface area contributed by atoms with Crippen molar-refractivity contribution in [3.8, 4) is 44.5 Å². The Balaban J connectivity index is 1.12. The molecule has 0 spiro atoms. The van der Waals surface area contributed by atoms with Crippen LogP contribution in [0.4, 0.5) is 17.1 Å². The van der Waals surface area contributed by atoms with Gasteiger partial charge in [0.2, 0.25) is 0 Å². The molecule has 0 atom stereocenters. The van der Waals surface area contributed by atoms with Crippen LogP contribution in [0.3, 0.4) is 0 Å². The zero-order chi connectivity index (χ0) is 42.6. The first-order valence-corrected chi connectivity index (χ1v) is 21.2. The Morgan fingerprint density at radius 2 is 0.651 bits per heavy atom. The highest BCUT2D eigenvalue weighted by Gasteiger charge is 2.23. The van der Waals surface area contributed by atoms with Crippen molar-refractivity contribution in [1.29, 1.82) is 0 Å². The van der Waals surface area contributed by atoms with Gasteiger partial charge in [-0.25, -0.2) is 0 Å². The molecular weight excluding hydrogens is 754 g/mol. The van der Waals surface area contributed by atoms with E-state index < -0.39 is 0 Å². The summed E-state index contributed by atoms with van der Waals surface area (Å²) in [4.78, 5) is 2.11. The molecule has 63 heavy (non-hydrogen) atoms. The summed E-state index contributed by atoms with van der Waals surface area (Å²) in [6, 6.07) is 74.4. The Labute approximate surface area is 373 Å². The number of benzene rings is 11. The minimum atomic E-state index is 0.340. The summed E-state index contributed by atoms with van der Waals surface area (Å²) in [5.74, 6) is 0. The molecule has 11 aromatic rings. The molecule has 0 aliphatic heterocycles. The van der Waals surface area contributed by atoms with Gasteiger partial charge in [-0.1, -0.05) is 198 Å². The molecule has 1 nitrogen and oxygen atoms in total. The molecule has 0 heterocycles. The molecule has 5 heteroatoms. The second-order valence-electron chi connectivity index (χ2n) is 16.1. The maximum atomic E-state index is 7.26. The molecule has 11 aromatic carbocycles.